The summed E-state index contributed by atoms with van der Waals surface area (Å²) in [6.07, 6.45) is 1.56. The standard InChI is InChI=1S/C17H19N5O/c1-11-12(2)21-14-6-4-3-5-13(14)16(11)18-9-10-19-17(23)15-7-8-20-22-15/h3-8H,9-10H2,1-2H3,(H,18,21)(H,19,23)(H,20,22). The summed E-state index contributed by atoms with van der Waals surface area (Å²) in [4.78, 5) is 16.4. The van der Waals surface area contributed by atoms with Crippen LogP contribution in [0.4, 0.5) is 5.69 Å². The number of hydrogen-bond donors (Lipinski definition) is 3. The quantitative estimate of drug-likeness (QED) is 0.632. The maximum absolute atomic E-state index is 11.8. The molecule has 0 aliphatic carbocycles. The van der Waals surface area contributed by atoms with Gasteiger partial charge in [-0.25, -0.2) is 0 Å². The number of anilines is 1. The Morgan fingerprint density at radius 3 is 2.78 bits per heavy atom. The molecule has 6 heteroatoms. The van der Waals surface area contributed by atoms with Crippen LogP contribution in [-0.4, -0.2) is 34.2 Å². The van der Waals surface area contributed by atoms with Crippen molar-refractivity contribution in [1.29, 1.82) is 0 Å². The van der Waals surface area contributed by atoms with Gasteiger partial charge < -0.3 is 10.6 Å². The van der Waals surface area contributed by atoms with Crippen molar-refractivity contribution in [3.8, 4) is 0 Å². The predicted molar refractivity (Wildman–Crippen MR) is 90.6 cm³/mol. The van der Waals surface area contributed by atoms with Crippen molar-refractivity contribution in [1.82, 2.24) is 20.5 Å². The van der Waals surface area contributed by atoms with Gasteiger partial charge in [0.05, 0.1) is 5.52 Å². The number of carbonyl (C=O) groups is 1. The first-order valence-electron chi connectivity index (χ1n) is 7.54. The summed E-state index contributed by atoms with van der Waals surface area (Å²) in [5.74, 6) is -0.156. The van der Waals surface area contributed by atoms with Gasteiger partial charge in [0.25, 0.3) is 5.91 Å². The van der Waals surface area contributed by atoms with Gasteiger partial charge in [-0.3, -0.25) is 14.9 Å². The van der Waals surface area contributed by atoms with Gasteiger partial charge in [-0.2, -0.15) is 5.10 Å². The number of aromatic amines is 1. The summed E-state index contributed by atoms with van der Waals surface area (Å²) in [5.41, 5.74) is 4.64. The van der Waals surface area contributed by atoms with Crippen LogP contribution in [0.15, 0.2) is 36.5 Å². The molecule has 0 saturated carbocycles. The van der Waals surface area contributed by atoms with Gasteiger partial charge in [-0.1, -0.05) is 18.2 Å². The number of rotatable bonds is 5. The maximum atomic E-state index is 11.8. The minimum atomic E-state index is -0.156. The number of H-pyrrole nitrogens is 1. The smallest absolute Gasteiger partial charge is 0.269 e. The van der Waals surface area contributed by atoms with E-state index in [0.29, 0.717) is 18.8 Å². The summed E-state index contributed by atoms with van der Waals surface area (Å²) < 4.78 is 0. The fourth-order valence-electron chi connectivity index (χ4n) is 2.50. The van der Waals surface area contributed by atoms with Crippen molar-refractivity contribution in [3.63, 3.8) is 0 Å². The molecule has 0 spiro atoms. The molecular weight excluding hydrogens is 290 g/mol. The van der Waals surface area contributed by atoms with Crippen LogP contribution in [0.3, 0.4) is 0 Å². The van der Waals surface area contributed by atoms with E-state index < -0.39 is 0 Å². The van der Waals surface area contributed by atoms with Crippen LogP contribution in [0.2, 0.25) is 0 Å². The molecule has 1 aromatic carbocycles. The second-order valence-corrected chi connectivity index (χ2v) is 5.37. The molecule has 1 amide bonds. The third kappa shape index (κ3) is 3.15. The normalized spacial score (nSPS) is 10.7. The lowest BCUT2D eigenvalue weighted by Gasteiger charge is -2.14. The number of hydrogen-bond acceptors (Lipinski definition) is 4. The van der Waals surface area contributed by atoms with E-state index in [2.05, 4.69) is 38.8 Å². The Balaban J connectivity index is 1.67. The zero-order chi connectivity index (χ0) is 16.2. The highest BCUT2D eigenvalue weighted by atomic mass is 16.1. The lowest BCUT2D eigenvalue weighted by Crippen LogP contribution is -2.29. The number of benzene rings is 1. The van der Waals surface area contributed by atoms with Crippen molar-refractivity contribution in [2.45, 2.75) is 13.8 Å². The van der Waals surface area contributed by atoms with Crippen molar-refractivity contribution < 1.29 is 4.79 Å². The van der Waals surface area contributed by atoms with Crippen LogP contribution in [-0.2, 0) is 0 Å². The van der Waals surface area contributed by atoms with Crippen molar-refractivity contribution in [2.24, 2.45) is 0 Å². The van der Waals surface area contributed by atoms with E-state index in [-0.39, 0.29) is 5.91 Å². The third-order valence-electron chi connectivity index (χ3n) is 3.84. The highest BCUT2D eigenvalue weighted by Crippen LogP contribution is 2.27. The second-order valence-electron chi connectivity index (χ2n) is 5.37. The fourth-order valence-corrected chi connectivity index (χ4v) is 2.50. The van der Waals surface area contributed by atoms with Crippen LogP contribution in [0.5, 0.6) is 0 Å². The van der Waals surface area contributed by atoms with E-state index in [1.165, 1.54) is 0 Å². The molecule has 0 unspecified atom stereocenters. The molecule has 3 rings (SSSR count). The van der Waals surface area contributed by atoms with Crippen molar-refractivity contribution in [2.75, 3.05) is 18.4 Å². The molecule has 0 aliphatic rings. The average molecular weight is 309 g/mol. The van der Waals surface area contributed by atoms with Gasteiger partial charge >= 0.3 is 0 Å². The second kappa shape index (κ2) is 6.48. The first-order valence-corrected chi connectivity index (χ1v) is 7.54. The zero-order valence-electron chi connectivity index (χ0n) is 13.2. The monoisotopic (exact) mass is 309 g/mol. The molecule has 3 N–H and O–H groups in total. The molecule has 118 valence electrons. The lowest BCUT2D eigenvalue weighted by molar-refractivity contribution is 0.0950. The number of carbonyl (C=O) groups excluding carboxylic acids is 1. The molecule has 0 radical (unpaired) electrons. The summed E-state index contributed by atoms with van der Waals surface area (Å²) in [7, 11) is 0. The van der Waals surface area contributed by atoms with Gasteiger partial charge in [0, 0.05) is 36.1 Å². The average Bonchev–Trinajstić information content (AvgIpc) is 3.09. The predicted octanol–water partition coefficient (Wildman–Crippen LogP) is 2.42. The van der Waals surface area contributed by atoms with Crippen molar-refractivity contribution in [3.05, 3.63) is 53.5 Å². The number of fused-ring (bicyclic) bond motifs is 1. The number of nitrogens with one attached hydrogen (secondary N) is 3. The Hall–Kier alpha value is -2.89. The molecule has 23 heavy (non-hydrogen) atoms. The Morgan fingerprint density at radius 1 is 1.17 bits per heavy atom. The molecule has 0 aliphatic heterocycles. The van der Waals surface area contributed by atoms with Gasteiger partial charge in [-0.05, 0) is 31.5 Å². The number of amides is 1. The molecule has 6 nitrogen and oxygen atoms in total. The van der Waals surface area contributed by atoms with Crippen LogP contribution < -0.4 is 10.6 Å². The summed E-state index contributed by atoms with van der Waals surface area (Å²) >= 11 is 0. The highest BCUT2D eigenvalue weighted by molar-refractivity contribution is 5.93. The van der Waals surface area contributed by atoms with Crippen LogP contribution >= 0.6 is 0 Å². The Bertz CT molecular complexity index is 826. The van der Waals surface area contributed by atoms with Gasteiger partial charge in [0.1, 0.15) is 5.69 Å². The van der Waals surface area contributed by atoms with Crippen LogP contribution in [0.25, 0.3) is 10.9 Å². The van der Waals surface area contributed by atoms with E-state index in [4.69, 9.17) is 0 Å². The number of para-hydroxylation sites is 1. The maximum Gasteiger partial charge on any atom is 0.269 e. The molecular formula is C17H19N5O. The molecule has 2 aromatic heterocycles. The van der Waals surface area contributed by atoms with Gasteiger partial charge in [0.2, 0.25) is 0 Å². The SMILES string of the molecule is Cc1nc2ccccc2c(NCCNC(=O)c2ccn[nH]2)c1C. The molecule has 0 fully saturated rings. The van der Waals surface area contributed by atoms with E-state index in [9.17, 15) is 4.79 Å². The summed E-state index contributed by atoms with van der Waals surface area (Å²) in [5, 5.41) is 13.8. The molecule has 2 heterocycles. The highest BCUT2D eigenvalue weighted by Gasteiger charge is 2.09. The van der Waals surface area contributed by atoms with E-state index in [1.54, 1.807) is 12.3 Å². The minimum absolute atomic E-state index is 0.156. The number of aryl methyl sites for hydroxylation is 1. The van der Waals surface area contributed by atoms with E-state index in [0.717, 1.165) is 27.8 Å². The summed E-state index contributed by atoms with van der Waals surface area (Å²) in [6, 6.07) is 9.70. The van der Waals surface area contributed by atoms with E-state index >= 15 is 0 Å². The first-order chi connectivity index (χ1) is 11.2. The Kier molecular flexibility index (Phi) is 4.23. The number of aromatic nitrogens is 3. The molecule has 0 saturated heterocycles. The third-order valence-corrected chi connectivity index (χ3v) is 3.84. The Morgan fingerprint density at radius 2 is 2.00 bits per heavy atom. The fraction of sp³-hybridized carbons (Fsp3) is 0.235. The Labute approximate surface area is 134 Å². The van der Waals surface area contributed by atoms with E-state index in [1.807, 2.05) is 25.1 Å². The van der Waals surface area contributed by atoms with Crippen LogP contribution in [0, 0.1) is 13.8 Å². The molecule has 0 bridgehead atoms. The number of pyridine rings is 1. The first kappa shape index (κ1) is 15.0. The van der Waals surface area contributed by atoms with Gasteiger partial charge in [-0.15, -0.1) is 0 Å². The zero-order valence-corrected chi connectivity index (χ0v) is 13.2. The van der Waals surface area contributed by atoms with Crippen molar-refractivity contribution >= 4 is 22.5 Å². The molecule has 3 aromatic rings. The topological polar surface area (TPSA) is 82.7 Å². The van der Waals surface area contributed by atoms with Gasteiger partial charge in [0.15, 0.2) is 0 Å². The summed E-state index contributed by atoms with van der Waals surface area (Å²) in [6.45, 7) is 5.22. The largest absolute Gasteiger partial charge is 0.382 e. The lowest BCUT2D eigenvalue weighted by atomic mass is 10.1. The number of nitrogens with zero attached hydrogens (tertiary/aromatic N) is 2. The minimum Gasteiger partial charge on any atom is -0.382 e. The van der Waals surface area contributed by atoms with Crippen LogP contribution in [0.1, 0.15) is 21.7 Å². The molecule has 0 atom stereocenters.